The monoisotopic (exact) mass is 180 g/mol. The molecule has 0 saturated carbocycles. The van der Waals surface area contributed by atoms with E-state index in [-0.39, 0.29) is 5.92 Å². The van der Waals surface area contributed by atoms with Gasteiger partial charge in [-0.3, -0.25) is 9.48 Å². The van der Waals surface area contributed by atoms with Crippen LogP contribution in [0.15, 0.2) is 6.20 Å². The first-order valence-electron chi connectivity index (χ1n) is 4.41. The summed E-state index contributed by atoms with van der Waals surface area (Å²) in [5.74, 6) is -0.897. The van der Waals surface area contributed by atoms with Crippen LogP contribution in [0.2, 0.25) is 0 Å². The van der Waals surface area contributed by atoms with Crippen LogP contribution in [0.5, 0.6) is 0 Å². The molecule has 13 heavy (non-hydrogen) atoms. The molecule has 0 amide bonds. The fraction of sp³-hybridized carbons (Fsp3) is 0.556. The molecular formula is C9H12N2O2. The number of carboxylic acids is 1. The predicted octanol–water partition coefficient (Wildman–Crippen LogP) is 0.610. The molecule has 0 fully saturated rings. The molecule has 1 aliphatic carbocycles. The zero-order valence-corrected chi connectivity index (χ0v) is 7.53. The Balaban J connectivity index is 2.25. The molecule has 0 aliphatic heterocycles. The van der Waals surface area contributed by atoms with Gasteiger partial charge in [0.05, 0.1) is 12.1 Å². The van der Waals surface area contributed by atoms with E-state index in [2.05, 4.69) is 5.10 Å². The van der Waals surface area contributed by atoms with Crippen LogP contribution in [0.3, 0.4) is 0 Å². The second-order valence-corrected chi connectivity index (χ2v) is 3.52. The molecule has 0 aromatic carbocycles. The van der Waals surface area contributed by atoms with E-state index in [0.717, 1.165) is 18.4 Å². The van der Waals surface area contributed by atoms with Gasteiger partial charge in [0.2, 0.25) is 0 Å². The summed E-state index contributed by atoms with van der Waals surface area (Å²) in [5.41, 5.74) is 2.29. The third kappa shape index (κ3) is 1.32. The summed E-state index contributed by atoms with van der Waals surface area (Å²) in [6.45, 7) is 0. The highest BCUT2D eigenvalue weighted by Crippen LogP contribution is 2.24. The fourth-order valence-electron chi connectivity index (χ4n) is 1.89. The molecule has 1 heterocycles. The van der Waals surface area contributed by atoms with Crippen molar-refractivity contribution in [1.29, 1.82) is 0 Å². The average molecular weight is 180 g/mol. The van der Waals surface area contributed by atoms with Gasteiger partial charge in [-0.15, -0.1) is 0 Å². The lowest BCUT2D eigenvalue weighted by Gasteiger charge is -2.18. The van der Waals surface area contributed by atoms with E-state index in [1.165, 1.54) is 5.69 Å². The highest BCUT2D eigenvalue weighted by atomic mass is 16.4. The van der Waals surface area contributed by atoms with Crippen LogP contribution in [0.25, 0.3) is 0 Å². The Kier molecular flexibility index (Phi) is 1.83. The van der Waals surface area contributed by atoms with Crippen molar-refractivity contribution in [2.75, 3.05) is 0 Å². The zero-order valence-electron chi connectivity index (χ0n) is 7.53. The molecule has 0 bridgehead atoms. The Morgan fingerprint density at radius 1 is 1.77 bits per heavy atom. The molecule has 1 atom stereocenters. The number of carbonyl (C=O) groups is 1. The van der Waals surface area contributed by atoms with Gasteiger partial charge in [0.25, 0.3) is 0 Å². The van der Waals surface area contributed by atoms with Crippen LogP contribution < -0.4 is 0 Å². The number of nitrogens with zero attached hydrogens (tertiary/aromatic N) is 2. The second-order valence-electron chi connectivity index (χ2n) is 3.52. The zero-order chi connectivity index (χ0) is 9.42. The minimum Gasteiger partial charge on any atom is -0.481 e. The molecule has 0 spiro atoms. The van der Waals surface area contributed by atoms with Crippen LogP contribution in [-0.2, 0) is 24.7 Å². The summed E-state index contributed by atoms with van der Waals surface area (Å²) < 4.78 is 1.84. The molecular weight excluding hydrogens is 168 g/mol. The van der Waals surface area contributed by atoms with Crippen molar-refractivity contribution in [3.8, 4) is 0 Å². The molecule has 70 valence electrons. The smallest absolute Gasteiger partial charge is 0.306 e. The third-order valence-electron chi connectivity index (χ3n) is 2.69. The van der Waals surface area contributed by atoms with Crippen molar-refractivity contribution in [3.63, 3.8) is 0 Å². The topological polar surface area (TPSA) is 55.1 Å². The summed E-state index contributed by atoms with van der Waals surface area (Å²) >= 11 is 0. The molecule has 1 aromatic rings. The minimum absolute atomic E-state index is 0.211. The highest BCUT2D eigenvalue weighted by molar-refractivity contribution is 5.70. The molecule has 0 radical (unpaired) electrons. The van der Waals surface area contributed by atoms with Gasteiger partial charge >= 0.3 is 5.97 Å². The van der Waals surface area contributed by atoms with E-state index in [1.807, 2.05) is 11.7 Å². The van der Waals surface area contributed by atoms with E-state index in [1.54, 1.807) is 6.20 Å². The Labute approximate surface area is 76.2 Å². The van der Waals surface area contributed by atoms with Gasteiger partial charge < -0.3 is 5.11 Å². The van der Waals surface area contributed by atoms with Crippen molar-refractivity contribution in [2.45, 2.75) is 19.3 Å². The lowest BCUT2D eigenvalue weighted by atomic mass is 9.88. The standard InChI is InChI=1S/C9H12N2O2/c1-11-8-3-2-6(9(12)13)4-7(8)5-10-11/h5-6H,2-4H2,1H3,(H,12,13). The van der Waals surface area contributed by atoms with E-state index in [0.29, 0.717) is 6.42 Å². The van der Waals surface area contributed by atoms with E-state index < -0.39 is 5.97 Å². The van der Waals surface area contributed by atoms with Gasteiger partial charge in [0.1, 0.15) is 0 Å². The maximum absolute atomic E-state index is 10.7. The number of aromatic nitrogens is 2. The normalized spacial score (nSPS) is 21.2. The number of aryl methyl sites for hydroxylation is 1. The fourth-order valence-corrected chi connectivity index (χ4v) is 1.89. The van der Waals surface area contributed by atoms with Crippen molar-refractivity contribution >= 4 is 5.97 Å². The number of hydrogen-bond donors (Lipinski definition) is 1. The van der Waals surface area contributed by atoms with E-state index >= 15 is 0 Å². The molecule has 1 aliphatic rings. The first-order chi connectivity index (χ1) is 6.18. The number of hydrogen-bond acceptors (Lipinski definition) is 2. The summed E-state index contributed by atoms with van der Waals surface area (Å²) in [7, 11) is 1.90. The van der Waals surface area contributed by atoms with Gasteiger partial charge in [0, 0.05) is 12.7 Å². The van der Waals surface area contributed by atoms with Crippen molar-refractivity contribution in [3.05, 3.63) is 17.5 Å². The number of carboxylic acid groups (broad SMARTS) is 1. The maximum atomic E-state index is 10.7. The van der Waals surface area contributed by atoms with Crippen molar-refractivity contribution in [1.82, 2.24) is 9.78 Å². The summed E-state index contributed by atoms with van der Waals surface area (Å²) in [4.78, 5) is 10.7. The van der Waals surface area contributed by atoms with Crippen LogP contribution in [0, 0.1) is 5.92 Å². The second kappa shape index (κ2) is 2.87. The summed E-state index contributed by atoms with van der Waals surface area (Å²) in [6.07, 6.45) is 3.99. The first kappa shape index (κ1) is 8.29. The van der Waals surface area contributed by atoms with Gasteiger partial charge in [-0.2, -0.15) is 5.10 Å². The highest BCUT2D eigenvalue weighted by Gasteiger charge is 2.25. The Morgan fingerprint density at radius 3 is 3.23 bits per heavy atom. The molecule has 4 nitrogen and oxygen atoms in total. The molecule has 1 aromatic heterocycles. The van der Waals surface area contributed by atoms with Crippen LogP contribution >= 0.6 is 0 Å². The Bertz CT molecular complexity index is 343. The van der Waals surface area contributed by atoms with Gasteiger partial charge in [0.15, 0.2) is 0 Å². The minimum atomic E-state index is -0.686. The van der Waals surface area contributed by atoms with Crippen molar-refractivity contribution < 1.29 is 9.90 Å². The lowest BCUT2D eigenvalue weighted by molar-refractivity contribution is -0.142. The Hall–Kier alpha value is -1.32. The van der Waals surface area contributed by atoms with Gasteiger partial charge in [-0.25, -0.2) is 0 Å². The lowest BCUT2D eigenvalue weighted by Crippen LogP contribution is -2.22. The van der Waals surface area contributed by atoms with E-state index in [9.17, 15) is 4.79 Å². The third-order valence-corrected chi connectivity index (χ3v) is 2.69. The van der Waals surface area contributed by atoms with Crippen LogP contribution in [-0.4, -0.2) is 20.9 Å². The molecule has 4 heteroatoms. The maximum Gasteiger partial charge on any atom is 0.306 e. The number of fused-ring (bicyclic) bond motifs is 1. The molecule has 0 saturated heterocycles. The molecule has 2 rings (SSSR count). The number of aliphatic carboxylic acids is 1. The number of rotatable bonds is 1. The summed E-state index contributed by atoms with van der Waals surface area (Å²) in [6, 6.07) is 0. The van der Waals surface area contributed by atoms with Gasteiger partial charge in [-0.1, -0.05) is 0 Å². The van der Waals surface area contributed by atoms with Crippen LogP contribution in [0.1, 0.15) is 17.7 Å². The molecule has 1 N–H and O–H groups in total. The SMILES string of the molecule is Cn1ncc2c1CCC(C(=O)O)C2. The largest absolute Gasteiger partial charge is 0.481 e. The molecule has 1 unspecified atom stereocenters. The Morgan fingerprint density at radius 2 is 2.54 bits per heavy atom. The van der Waals surface area contributed by atoms with Crippen molar-refractivity contribution in [2.24, 2.45) is 13.0 Å². The quantitative estimate of drug-likeness (QED) is 0.688. The summed E-state index contributed by atoms with van der Waals surface area (Å²) in [5, 5.41) is 13.0. The first-order valence-corrected chi connectivity index (χ1v) is 4.41. The van der Waals surface area contributed by atoms with Gasteiger partial charge in [-0.05, 0) is 24.8 Å². The van der Waals surface area contributed by atoms with Crippen LogP contribution in [0.4, 0.5) is 0 Å². The average Bonchev–Trinajstić information content (AvgIpc) is 2.47. The van der Waals surface area contributed by atoms with E-state index in [4.69, 9.17) is 5.11 Å². The predicted molar refractivity (Wildman–Crippen MR) is 46.4 cm³/mol.